The van der Waals surface area contributed by atoms with E-state index in [1.807, 2.05) is 19.1 Å². The van der Waals surface area contributed by atoms with Crippen LogP contribution in [0.1, 0.15) is 45.1 Å². The number of hydrogen-bond acceptors (Lipinski definition) is 5. The minimum absolute atomic E-state index is 0.226. The molecule has 172 valence electrons. The topological polar surface area (TPSA) is 107 Å². The Bertz CT molecular complexity index is 733. The van der Waals surface area contributed by atoms with Gasteiger partial charge in [0.1, 0.15) is 5.75 Å². The quantitative estimate of drug-likeness (QED) is 0.686. The third kappa shape index (κ3) is 7.86. The first-order valence-corrected chi connectivity index (χ1v) is 11.0. The number of benzene rings is 1. The SMILES string of the molecule is CCOc1ccccc1CN1CCC(C(=O)N2CCCC(C)C2)CC1.O=C(O)C(=O)O. The monoisotopic (exact) mass is 434 g/mol. The summed E-state index contributed by atoms with van der Waals surface area (Å²) in [5, 5.41) is 14.8. The van der Waals surface area contributed by atoms with Crippen LogP contribution >= 0.6 is 0 Å². The summed E-state index contributed by atoms with van der Waals surface area (Å²) in [4.78, 5) is 35.6. The summed E-state index contributed by atoms with van der Waals surface area (Å²) in [6.07, 6.45) is 4.41. The fourth-order valence-electron chi connectivity index (χ4n) is 4.16. The van der Waals surface area contributed by atoms with Crippen LogP contribution in [0.5, 0.6) is 5.75 Å². The van der Waals surface area contributed by atoms with Gasteiger partial charge in [-0.15, -0.1) is 0 Å². The maximum absolute atomic E-state index is 12.8. The van der Waals surface area contributed by atoms with Gasteiger partial charge in [-0.3, -0.25) is 9.69 Å². The second-order valence-corrected chi connectivity index (χ2v) is 8.23. The highest BCUT2D eigenvalue weighted by Crippen LogP contribution is 2.26. The summed E-state index contributed by atoms with van der Waals surface area (Å²) in [5.74, 6) is -1.37. The summed E-state index contributed by atoms with van der Waals surface area (Å²) in [7, 11) is 0. The van der Waals surface area contributed by atoms with Crippen molar-refractivity contribution in [3.8, 4) is 5.75 Å². The van der Waals surface area contributed by atoms with Crippen LogP contribution in [-0.2, 0) is 20.9 Å². The lowest BCUT2D eigenvalue weighted by Gasteiger charge is -2.37. The van der Waals surface area contributed by atoms with E-state index in [2.05, 4.69) is 28.9 Å². The Hall–Kier alpha value is -2.61. The molecule has 0 saturated carbocycles. The lowest BCUT2D eigenvalue weighted by Crippen LogP contribution is -2.45. The number of carbonyl (C=O) groups is 3. The summed E-state index contributed by atoms with van der Waals surface area (Å²) >= 11 is 0. The average Bonchev–Trinajstić information content (AvgIpc) is 2.76. The summed E-state index contributed by atoms with van der Waals surface area (Å²) in [6.45, 7) is 9.82. The number of piperidine rings is 2. The van der Waals surface area contributed by atoms with E-state index < -0.39 is 11.9 Å². The third-order valence-corrected chi connectivity index (χ3v) is 5.75. The van der Waals surface area contributed by atoms with Crippen molar-refractivity contribution in [3.05, 3.63) is 29.8 Å². The second-order valence-electron chi connectivity index (χ2n) is 8.23. The smallest absolute Gasteiger partial charge is 0.414 e. The molecule has 2 heterocycles. The molecular formula is C23H34N2O6. The fourth-order valence-corrected chi connectivity index (χ4v) is 4.16. The molecule has 0 aliphatic carbocycles. The Morgan fingerprint density at radius 3 is 2.26 bits per heavy atom. The highest BCUT2D eigenvalue weighted by atomic mass is 16.5. The predicted octanol–water partition coefficient (Wildman–Crippen LogP) is 2.71. The van der Waals surface area contributed by atoms with Crippen LogP contribution in [-0.4, -0.2) is 70.6 Å². The van der Waals surface area contributed by atoms with Gasteiger partial charge < -0.3 is 19.8 Å². The number of carboxylic acid groups (broad SMARTS) is 2. The number of aliphatic carboxylic acids is 2. The minimum atomic E-state index is -1.82. The van der Waals surface area contributed by atoms with Crippen molar-refractivity contribution in [1.82, 2.24) is 9.80 Å². The molecule has 31 heavy (non-hydrogen) atoms. The molecule has 8 heteroatoms. The highest BCUT2D eigenvalue weighted by molar-refractivity contribution is 6.27. The number of amides is 1. The molecule has 2 N–H and O–H groups in total. The van der Waals surface area contributed by atoms with E-state index in [0.717, 1.165) is 51.3 Å². The molecule has 0 radical (unpaired) electrons. The van der Waals surface area contributed by atoms with Gasteiger partial charge in [0.2, 0.25) is 5.91 Å². The lowest BCUT2D eigenvalue weighted by atomic mass is 9.92. The molecule has 2 aliphatic rings. The molecule has 1 atom stereocenters. The Labute approximate surface area is 183 Å². The molecule has 1 aromatic carbocycles. The van der Waals surface area contributed by atoms with E-state index in [1.54, 1.807) is 0 Å². The number of para-hydroxylation sites is 1. The standard InChI is InChI=1S/C21H32N2O2.C2H2O4/c1-3-25-20-9-5-4-8-19(20)16-22-13-10-18(11-14-22)21(24)23-12-6-7-17(2)15-23;3-1(4)2(5)6/h4-5,8-9,17-18H,3,6-7,10-16H2,1-2H3;(H,3,4)(H,5,6). The van der Waals surface area contributed by atoms with Gasteiger partial charge >= 0.3 is 11.9 Å². The fraction of sp³-hybridized carbons (Fsp3) is 0.609. The number of carbonyl (C=O) groups excluding carboxylic acids is 1. The normalized spacial score (nSPS) is 19.8. The third-order valence-electron chi connectivity index (χ3n) is 5.75. The number of nitrogens with zero attached hydrogens (tertiary/aromatic N) is 2. The van der Waals surface area contributed by atoms with Crippen LogP contribution < -0.4 is 4.74 Å². The van der Waals surface area contributed by atoms with Crippen molar-refractivity contribution >= 4 is 17.8 Å². The zero-order valence-electron chi connectivity index (χ0n) is 18.5. The molecule has 8 nitrogen and oxygen atoms in total. The average molecular weight is 435 g/mol. The minimum Gasteiger partial charge on any atom is -0.494 e. The van der Waals surface area contributed by atoms with Crippen molar-refractivity contribution in [2.75, 3.05) is 32.8 Å². The van der Waals surface area contributed by atoms with Crippen LogP contribution in [0.3, 0.4) is 0 Å². The van der Waals surface area contributed by atoms with E-state index in [9.17, 15) is 4.79 Å². The molecule has 1 amide bonds. The Morgan fingerprint density at radius 1 is 1.03 bits per heavy atom. The van der Waals surface area contributed by atoms with E-state index in [1.165, 1.54) is 18.4 Å². The number of rotatable bonds is 5. The molecule has 1 aromatic rings. The first-order valence-electron chi connectivity index (χ1n) is 11.0. The first-order chi connectivity index (χ1) is 14.8. The number of hydrogen-bond donors (Lipinski definition) is 2. The number of likely N-dealkylation sites (tertiary alicyclic amines) is 2. The Kier molecular flexibility index (Phi) is 9.78. The molecule has 0 bridgehead atoms. The second kappa shape index (κ2) is 12.3. The van der Waals surface area contributed by atoms with Gasteiger partial charge in [-0.05, 0) is 57.7 Å². The lowest BCUT2D eigenvalue weighted by molar-refractivity contribution is -0.159. The molecule has 2 saturated heterocycles. The first kappa shape index (κ1) is 24.7. The van der Waals surface area contributed by atoms with Crippen molar-refractivity contribution in [2.45, 2.75) is 46.1 Å². The van der Waals surface area contributed by atoms with Crippen LogP contribution in [0.15, 0.2) is 24.3 Å². The van der Waals surface area contributed by atoms with Crippen molar-refractivity contribution in [2.24, 2.45) is 11.8 Å². The molecule has 0 aromatic heterocycles. The van der Waals surface area contributed by atoms with Crippen LogP contribution in [0.2, 0.25) is 0 Å². The van der Waals surface area contributed by atoms with Crippen LogP contribution in [0.4, 0.5) is 0 Å². The van der Waals surface area contributed by atoms with Crippen molar-refractivity contribution in [3.63, 3.8) is 0 Å². The predicted molar refractivity (Wildman–Crippen MR) is 116 cm³/mol. The summed E-state index contributed by atoms with van der Waals surface area (Å²) in [5.41, 5.74) is 1.25. The summed E-state index contributed by atoms with van der Waals surface area (Å²) in [6, 6.07) is 8.30. The summed E-state index contributed by atoms with van der Waals surface area (Å²) < 4.78 is 5.74. The van der Waals surface area contributed by atoms with Crippen LogP contribution in [0, 0.1) is 11.8 Å². The number of ether oxygens (including phenoxy) is 1. The molecule has 2 fully saturated rings. The molecular weight excluding hydrogens is 400 g/mol. The molecule has 1 unspecified atom stereocenters. The van der Waals surface area contributed by atoms with Gasteiger partial charge in [0.25, 0.3) is 0 Å². The Morgan fingerprint density at radius 2 is 1.68 bits per heavy atom. The van der Waals surface area contributed by atoms with Gasteiger partial charge in [-0.1, -0.05) is 25.1 Å². The van der Waals surface area contributed by atoms with Crippen molar-refractivity contribution in [1.29, 1.82) is 0 Å². The highest BCUT2D eigenvalue weighted by Gasteiger charge is 2.30. The largest absolute Gasteiger partial charge is 0.494 e. The number of carboxylic acids is 2. The van der Waals surface area contributed by atoms with Crippen LogP contribution in [0.25, 0.3) is 0 Å². The van der Waals surface area contributed by atoms with E-state index >= 15 is 0 Å². The molecule has 0 spiro atoms. The Balaban J connectivity index is 0.000000501. The maximum atomic E-state index is 12.8. The van der Waals surface area contributed by atoms with Gasteiger partial charge in [0.05, 0.1) is 6.61 Å². The van der Waals surface area contributed by atoms with Gasteiger partial charge in [0.15, 0.2) is 0 Å². The van der Waals surface area contributed by atoms with Gasteiger partial charge in [0, 0.05) is 31.1 Å². The van der Waals surface area contributed by atoms with E-state index in [0.29, 0.717) is 18.4 Å². The molecule has 2 aliphatic heterocycles. The van der Waals surface area contributed by atoms with Gasteiger partial charge in [-0.2, -0.15) is 0 Å². The van der Waals surface area contributed by atoms with E-state index in [4.69, 9.17) is 24.5 Å². The molecule has 3 rings (SSSR count). The maximum Gasteiger partial charge on any atom is 0.414 e. The van der Waals surface area contributed by atoms with Crippen molar-refractivity contribution < 1.29 is 29.3 Å². The zero-order valence-corrected chi connectivity index (χ0v) is 18.5. The van der Waals surface area contributed by atoms with E-state index in [-0.39, 0.29) is 5.92 Å². The van der Waals surface area contributed by atoms with Gasteiger partial charge in [-0.25, -0.2) is 9.59 Å². The zero-order chi connectivity index (χ0) is 22.8.